The van der Waals surface area contributed by atoms with Crippen LogP contribution in [0.1, 0.15) is 6.92 Å². The Morgan fingerprint density at radius 2 is 2.15 bits per heavy atom. The zero-order chi connectivity index (χ0) is 14.5. The number of pyridine rings is 1. The Morgan fingerprint density at radius 3 is 2.90 bits per heavy atom. The highest BCUT2D eigenvalue weighted by molar-refractivity contribution is 6.10. The van der Waals surface area contributed by atoms with E-state index in [4.69, 9.17) is 10.5 Å². The molecule has 6 heteroatoms. The fourth-order valence-electron chi connectivity index (χ4n) is 1.76. The minimum atomic E-state index is -1.35. The highest BCUT2D eigenvalue weighted by Gasteiger charge is 2.23. The van der Waals surface area contributed by atoms with E-state index in [2.05, 4.69) is 10.3 Å². The van der Waals surface area contributed by atoms with Gasteiger partial charge < -0.3 is 15.8 Å². The maximum absolute atomic E-state index is 11.9. The molecule has 0 aliphatic heterocycles. The second-order valence-corrected chi connectivity index (χ2v) is 4.09. The summed E-state index contributed by atoms with van der Waals surface area (Å²) in [4.78, 5) is 27.5. The maximum atomic E-state index is 11.9. The van der Waals surface area contributed by atoms with E-state index in [9.17, 15) is 9.59 Å². The molecule has 0 bridgehead atoms. The van der Waals surface area contributed by atoms with Crippen LogP contribution in [-0.2, 0) is 14.3 Å². The monoisotopic (exact) mass is 273 g/mol. The summed E-state index contributed by atoms with van der Waals surface area (Å²) in [6.45, 7) is 1.83. The Labute approximate surface area is 115 Å². The van der Waals surface area contributed by atoms with E-state index in [1.165, 1.54) is 0 Å². The Morgan fingerprint density at radius 1 is 1.35 bits per heavy atom. The van der Waals surface area contributed by atoms with Crippen LogP contribution < -0.4 is 11.1 Å². The van der Waals surface area contributed by atoms with Crippen molar-refractivity contribution in [1.29, 1.82) is 0 Å². The largest absolute Gasteiger partial charge is 0.464 e. The van der Waals surface area contributed by atoms with Crippen molar-refractivity contribution in [1.82, 2.24) is 4.98 Å². The van der Waals surface area contributed by atoms with Crippen molar-refractivity contribution in [2.24, 2.45) is 5.73 Å². The lowest BCUT2D eigenvalue weighted by Gasteiger charge is -2.12. The molecule has 1 atom stereocenters. The van der Waals surface area contributed by atoms with Gasteiger partial charge in [-0.25, -0.2) is 4.79 Å². The quantitative estimate of drug-likeness (QED) is 0.641. The number of anilines is 1. The number of nitrogens with zero attached hydrogens (tertiary/aromatic N) is 1. The van der Waals surface area contributed by atoms with E-state index in [0.29, 0.717) is 5.69 Å². The van der Waals surface area contributed by atoms with Crippen molar-refractivity contribution in [3.63, 3.8) is 0 Å². The van der Waals surface area contributed by atoms with Gasteiger partial charge in [0.05, 0.1) is 17.8 Å². The first-order valence-corrected chi connectivity index (χ1v) is 6.20. The molecule has 0 aliphatic carbocycles. The highest BCUT2D eigenvalue weighted by Crippen LogP contribution is 2.21. The summed E-state index contributed by atoms with van der Waals surface area (Å²) in [6, 6.07) is 7.57. The number of hydrogen-bond acceptors (Lipinski definition) is 5. The Hall–Kier alpha value is -2.47. The molecule has 0 saturated carbocycles. The smallest absolute Gasteiger partial charge is 0.332 e. The first-order chi connectivity index (χ1) is 9.63. The van der Waals surface area contributed by atoms with Gasteiger partial charge >= 0.3 is 5.97 Å². The van der Waals surface area contributed by atoms with Crippen molar-refractivity contribution in [3.8, 4) is 0 Å². The van der Waals surface area contributed by atoms with Crippen molar-refractivity contribution in [3.05, 3.63) is 36.5 Å². The van der Waals surface area contributed by atoms with Gasteiger partial charge in [-0.2, -0.15) is 0 Å². The molecule has 1 aromatic carbocycles. The molecular formula is C14H15N3O3. The summed E-state index contributed by atoms with van der Waals surface area (Å²) in [5.41, 5.74) is 6.84. The van der Waals surface area contributed by atoms with Gasteiger partial charge in [-0.05, 0) is 31.2 Å². The molecule has 6 nitrogen and oxygen atoms in total. The molecule has 1 amide bonds. The van der Waals surface area contributed by atoms with Crippen molar-refractivity contribution in [2.75, 3.05) is 11.9 Å². The zero-order valence-electron chi connectivity index (χ0n) is 11.0. The summed E-state index contributed by atoms with van der Waals surface area (Å²) in [6.07, 6.45) is 1.66. The first-order valence-electron chi connectivity index (χ1n) is 6.20. The second kappa shape index (κ2) is 6.12. The lowest BCUT2D eigenvalue weighted by molar-refractivity contribution is -0.146. The van der Waals surface area contributed by atoms with Gasteiger partial charge in [0.15, 0.2) is 6.04 Å². The number of carbonyl (C=O) groups excluding carboxylic acids is 2. The van der Waals surface area contributed by atoms with Crippen LogP contribution in [0, 0.1) is 0 Å². The number of ether oxygens (including phenoxy) is 1. The average Bonchev–Trinajstić information content (AvgIpc) is 2.47. The summed E-state index contributed by atoms with van der Waals surface area (Å²) in [5.74, 6) is -1.36. The Bertz CT molecular complexity index is 637. The highest BCUT2D eigenvalue weighted by atomic mass is 16.5. The summed E-state index contributed by atoms with van der Waals surface area (Å²) < 4.78 is 4.71. The molecule has 0 fully saturated rings. The molecule has 104 valence electrons. The van der Waals surface area contributed by atoms with E-state index in [1.807, 2.05) is 12.1 Å². The Kier molecular flexibility index (Phi) is 4.27. The van der Waals surface area contributed by atoms with Crippen LogP contribution in [0.3, 0.4) is 0 Å². The number of aromatic nitrogens is 1. The van der Waals surface area contributed by atoms with E-state index in [-0.39, 0.29) is 6.61 Å². The summed E-state index contributed by atoms with van der Waals surface area (Å²) in [5, 5.41) is 3.40. The SMILES string of the molecule is CCOC(=O)C(N)C(=O)Nc1cccc2ncccc12. The van der Waals surface area contributed by atoms with Gasteiger partial charge in [0, 0.05) is 11.6 Å². The van der Waals surface area contributed by atoms with Gasteiger partial charge in [-0.15, -0.1) is 0 Å². The molecule has 20 heavy (non-hydrogen) atoms. The van der Waals surface area contributed by atoms with Gasteiger partial charge in [0.1, 0.15) is 0 Å². The third kappa shape index (κ3) is 2.92. The van der Waals surface area contributed by atoms with E-state index >= 15 is 0 Å². The van der Waals surface area contributed by atoms with Crippen LogP contribution in [0.5, 0.6) is 0 Å². The first kappa shape index (κ1) is 14.0. The minimum absolute atomic E-state index is 0.179. The van der Waals surface area contributed by atoms with Crippen molar-refractivity contribution < 1.29 is 14.3 Å². The predicted octanol–water partition coefficient (Wildman–Crippen LogP) is 1.06. The number of nitrogens with two attached hydrogens (primary N) is 1. The molecule has 1 heterocycles. The number of nitrogens with one attached hydrogen (secondary N) is 1. The lowest BCUT2D eigenvalue weighted by Crippen LogP contribution is -2.43. The maximum Gasteiger partial charge on any atom is 0.332 e. The van der Waals surface area contributed by atoms with Crippen LogP contribution >= 0.6 is 0 Å². The van der Waals surface area contributed by atoms with Crippen LogP contribution in [0.15, 0.2) is 36.5 Å². The zero-order valence-corrected chi connectivity index (χ0v) is 11.0. The predicted molar refractivity (Wildman–Crippen MR) is 75.0 cm³/mol. The van der Waals surface area contributed by atoms with Gasteiger partial charge in [-0.3, -0.25) is 9.78 Å². The number of amides is 1. The molecule has 0 radical (unpaired) electrons. The number of rotatable bonds is 4. The van der Waals surface area contributed by atoms with E-state index < -0.39 is 17.9 Å². The molecule has 1 aromatic heterocycles. The van der Waals surface area contributed by atoms with Crippen LogP contribution in [-0.4, -0.2) is 29.5 Å². The average molecular weight is 273 g/mol. The third-order valence-corrected chi connectivity index (χ3v) is 2.73. The Balaban J connectivity index is 2.20. The standard InChI is InChI=1S/C14H15N3O3/c1-2-20-14(19)12(15)13(18)17-11-7-3-6-10-9(11)5-4-8-16-10/h3-8,12H,2,15H2,1H3,(H,17,18). The summed E-state index contributed by atoms with van der Waals surface area (Å²) in [7, 11) is 0. The molecular weight excluding hydrogens is 258 g/mol. The van der Waals surface area contributed by atoms with Crippen molar-refractivity contribution >= 4 is 28.5 Å². The topological polar surface area (TPSA) is 94.3 Å². The van der Waals surface area contributed by atoms with E-state index in [1.54, 1.807) is 31.3 Å². The lowest BCUT2D eigenvalue weighted by atomic mass is 10.1. The van der Waals surface area contributed by atoms with Crippen molar-refractivity contribution in [2.45, 2.75) is 13.0 Å². The number of esters is 1. The molecule has 3 N–H and O–H groups in total. The molecule has 1 unspecified atom stereocenters. The van der Waals surface area contributed by atoms with Crippen LogP contribution in [0.4, 0.5) is 5.69 Å². The fourth-order valence-corrected chi connectivity index (χ4v) is 1.76. The second-order valence-electron chi connectivity index (χ2n) is 4.09. The number of benzene rings is 1. The minimum Gasteiger partial charge on any atom is -0.464 e. The van der Waals surface area contributed by atoms with Gasteiger partial charge in [0.25, 0.3) is 5.91 Å². The molecule has 0 aliphatic rings. The molecule has 0 spiro atoms. The number of hydrogen-bond donors (Lipinski definition) is 2. The van der Waals surface area contributed by atoms with Gasteiger partial charge in [-0.1, -0.05) is 6.07 Å². The fraction of sp³-hybridized carbons (Fsp3) is 0.214. The number of carbonyl (C=O) groups is 2. The molecule has 0 saturated heterocycles. The normalized spacial score (nSPS) is 11.9. The third-order valence-electron chi connectivity index (χ3n) is 2.73. The van der Waals surface area contributed by atoms with Crippen LogP contribution in [0.2, 0.25) is 0 Å². The summed E-state index contributed by atoms with van der Waals surface area (Å²) >= 11 is 0. The van der Waals surface area contributed by atoms with Gasteiger partial charge in [0.2, 0.25) is 0 Å². The van der Waals surface area contributed by atoms with E-state index in [0.717, 1.165) is 10.9 Å². The van der Waals surface area contributed by atoms with Crippen LogP contribution in [0.25, 0.3) is 10.9 Å². The number of fused-ring (bicyclic) bond motifs is 1. The molecule has 2 rings (SSSR count). The molecule has 2 aromatic rings.